The number of aliphatic carboxylic acids is 1. The molecule has 1 saturated heterocycles. The lowest BCUT2D eigenvalue weighted by Crippen LogP contribution is -2.48. The molecule has 1 N–H and O–H groups in total. The first-order valence-corrected chi connectivity index (χ1v) is 10.7. The van der Waals surface area contributed by atoms with Crippen molar-refractivity contribution in [2.75, 3.05) is 39.4 Å². The first kappa shape index (κ1) is 19.9. The van der Waals surface area contributed by atoms with Gasteiger partial charge in [0.15, 0.2) is 11.5 Å². The number of likely N-dealkylation sites (N-methyl/N-ethyl adjacent to an activating group) is 1. The average Bonchev–Trinajstić information content (AvgIpc) is 2.91. The van der Waals surface area contributed by atoms with Crippen molar-refractivity contribution in [3.63, 3.8) is 0 Å². The molecule has 3 rings (SSSR count). The molecule has 150 valence electrons. The Kier molecular flexibility index (Phi) is 6.23. The predicted octanol–water partition coefficient (Wildman–Crippen LogP) is 1.41. The largest absolute Gasteiger partial charge is 0.490 e. The second kappa shape index (κ2) is 8.45. The first-order valence-electron chi connectivity index (χ1n) is 9.27. The van der Waals surface area contributed by atoms with Crippen LogP contribution in [0.1, 0.15) is 26.2 Å². The van der Waals surface area contributed by atoms with E-state index in [-0.39, 0.29) is 17.5 Å². The van der Waals surface area contributed by atoms with Crippen LogP contribution in [-0.4, -0.2) is 74.1 Å². The number of carboxylic acid groups (broad SMARTS) is 1. The SMILES string of the molecule is CCN(CC(=O)O)C1CCN(S(=O)(=O)c2ccc3c(c2)OCCCO3)CC1. The molecule has 1 aromatic carbocycles. The molecule has 1 aromatic rings. The number of hydrogen-bond acceptors (Lipinski definition) is 6. The fourth-order valence-corrected chi connectivity index (χ4v) is 5.06. The molecule has 2 aliphatic rings. The van der Waals surface area contributed by atoms with E-state index in [1.54, 1.807) is 12.1 Å². The lowest BCUT2D eigenvalue weighted by Gasteiger charge is -2.36. The van der Waals surface area contributed by atoms with Crippen LogP contribution >= 0.6 is 0 Å². The molecular formula is C18H26N2O6S. The number of rotatable bonds is 6. The molecule has 0 unspecified atom stereocenters. The van der Waals surface area contributed by atoms with Crippen molar-refractivity contribution in [2.24, 2.45) is 0 Å². The number of sulfonamides is 1. The fraction of sp³-hybridized carbons (Fsp3) is 0.611. The van der Waals surface area contributed by atoms with Crippen LogP contribution in [0, 0.1) is 0 Å². The minimum Gasteiger partial charge on any atom is -0.490 e. The minimum absolute atomic E-state index is 0.0178. The second-order valence-electron chi connectivity index (χ2n) is 6.75. The number of ether oxygens (including phenoxy) is 2. The van der Waals surface area contributed by atoms with E-state index in [9.17, 15) is 13.2 Å². The van der Waals surface area contributed by atoms with Crippen LogP contribution in [0.15, 0.2) is 23.1 Å². The Morgan fingerprint density at radius 1 is 1.22 bits per heavy atom. The molecule has 0 amide bonds. The molecule has 1 fully saturated rings. The summed E-state index contributed by atoms with van der Waals surface area (Å²) in [4.78, 5) is 13.1. The van der Waals surface area contributed by atoms with Crippen LogP contribution in [0.5, 0.6) is 11.5 Å². The predicted molar refractivity (Wildman–Crippen MR) is 98.7 cm³/mol. The standard InChI is InChI=1S/C18H26N2O6S/c1-2-19(13-18(21)22)14-6-8-20(9-7-14)27(23,24)15-4-5-16-17(12-15)26-11-3-10-25-16/h4-5,12,14H,2-3,6-11,13H2,1H3,(H,21,22). The van der Waals surface area contributed by atoms with Crippen LogP contribution in [0.2, 0.25) is 0 Å². The van der Waals surface area contributed by atoms with Gasteiger partial charge >= 0.3 is 5.97 Å². The third-order valence-electron chi connectivity index (χ3n) is 5.04. The van der Waals surface area contributed by atoms with Gasteiger partial charge in [0, 0.05) is 31.6 Å². The van der Waals surface area contributed by atoms with E-state index in [1.807, 2.05) is 11.8 Å². The molecule has 0 radical (unpaired) electrons. The monoisotopic (exact) mass is 398 g/mol. The maximum atomic E-state index is 13.0. The Morgan fingerprint density at radius 2 is 1.89 bits per heavy atom. The van der Waals surface area contributed by atoms with E-state index in [0.717, 1.165) is 6.42 Å². The van der Waals surface area contributed by atoms with Crippen LogP contribution in [-0.2, 0) is 14.8 Å². The molecule has 9 heteroatoms. The molecule has 2 heterocycles. The first-order chi connectivity index (χ1) is 12.9. The van der Waals surface area contributed by atoms with E-state index < -0.39 is 16.0 Å². The number of carboxylic acids is 1. The van der Waals surface area contributed by atoms with Gasteiger partial charge in [-0.15, -0.1) is 0 Å². The Bertz CT molecular complexity index is 774. The molecule has 27 heavy (non-hydrogen) atoms. The smallest absolute Gasteiger partial charge is 0.317 e. The van der Waals surface area contributed by atoms with Crippen molar-refractivity contribution in [1.82, 2.24) is 9.21 Å². The summed E-state index contributed by atoms with van der Waals surface area (Å²) in [5, 5.41) is 9.02. The van der Waals surface area contributed by atoms with E-state index in [4.69, 9.17) is 14.6 Å². The van der Waals surface area contributed by atoms with Crippen molar-refractivity contribution in [3.8, 4) is 11.5 Å². The quantitative estimate of drug-likeness (QED) is 0.774. The minimum atomic E-state index is -3.62. The summed E-state index contributed by atoms with van der Waals surface area (Å²) in [5.41, 5.74) is 0. The Morgan fingerprint density at radius 3 is 2.52 bits per heavy atom. The second-order valence-corrected chi connectivity index (χ2v) is 8.69. The summed E-state index contributed by atoms with van der Waals surface area (Å²) in [7, 11) is -3.62. The molecule has 2 aliphatic heterocycles. The van der Waals surface area contributed by atoms with E-state index in [2.05, 4.69) is 0 Å². The molecular weight excluding hydrogens is 372 g/mol. The van der Waals surface area contributed by atoms with Crippen molar-refractivity contribution in [3.05, 3.63) is 18.2 Å². The number of carbonyl (C=O) groups is 1. The van der Waals surface area contributed by atoms with Gasteiger partial charge in [0.2, 0.25) is 10.0 Å². The summed E-state index contributed by atoms with van der Waals surface area (Å²) in [5.74, 6) is 0.165. The molecule has 0 aliphatic carbocycles. The van der Waals surface area contributed by atoms with Gasteiger partial charge in [-0.3, -0.25) is 9.69 Å². The number of hydrogen-bond donors (Lipinski definition) is 1. The topological polar surface area (TPSA) is 96.4 Å². The molecule has 0 atom stereocenters. The summed E-state index contributed by atoms with van der Waals surface area (Å²) >= 11 is 0. The van der Waals surface area contributed by atoms with Gasteiger partial charge in [0.05, 0.1) is 24.7 Å². The average molecular weight is 398 g/mol. The molecule has 0 saturated carbocycles. The number of nitrogens with zero attached hydrogens (tertiary/aromatic N) is 2. The van der Waals surface area contributed by atoms with Crippen molar-refractivity contribution in [1.29, 1.82) is 0 Å². The van der Waals surface area contributed by atoms with Gasteiger partial charge in [-0.25, -0.2) is 8.42 Å². The third kappa shape index (κ3) is 4.53. The highest BCUT2D eigenvalue weighted by Gasteiger charge is 2.32. The molecule has 0 spiro atoms. The van der Waals surface area contributed by atoms with Gasteiger partial charge in [-0.1, -0.05) is 6.92 Å². The van der Waals surface area contributed by atoms with Gasteiger partial charge in [-0.2, -0.15) is 4.31 Å². The van der Waals surface area contributed by atoms with Gasteiger partial charge in [-0.05, 0) is 31.5 Å². The van der Waals surface area contributed by atoms with Crippen LogP contribution in [0.25, 0.3) is 0 Å². The van der Waals surface area contributed by atoms with Crippen LogP contribution < -0.4 is 9.47 Å². The maximum Gasteiger partial charge on any atom is 0.317 e. The van der Waals surface area contributed by atoms with E-state index >= 15 is 0 Å². The van der Waals surface area contributed by atoms with Crippen LogP contribution in [0.3, 0.4) is 0 Å². The lowest BCUT2D eigenvalue weighted by atomic mass is 10.0. The summed E-state index contributed by atoms with van der Waals surface area (Å²) < 4.78 is 38.6. The fourth-order valence-electron chi connectivity index (χ4n) is 3.57. The Labute approximate surface area is 159 Å². The summed E-state index contributed by atoms with van der Waals surface area (Å²) in [6, 6.07) is 4.82. The Balaban J connectivity index is 1.70. The van der Waals surface area contributed by atoms with Gasteiger partial charge in [0.25, 0.3) is 0 Å². The summed E-state index contributed by atoms with van der Waals surface area (Å²) in [6.07, 6.45) is 1.99. The molecule has 0 bridgehead atoms. The number of fused-ring (bicyclic) bond motifs is 1. The zero-order valence-electron chi connectivity index (χ0n) is 15.5. The zero-order chi connectivity index (χ0) is 19.4. The van der Waals surface area contributed by atoms with Gasteiger partial charge < -0.3 is 14.6 Å². The Hall–Kier alpha value is -1.84. The van der Waals surface area contributed by atoms with Gasteiger partial charge in [0.1, 0.15) is 0 Å². The lowest BCUT2D eigenvalue weighted by molar-refractivity contribution is -0.139. The summed E-state index contributed by atoms with van der Waals surface area (Å²) in [6.45, 7) is 4.33. The highest BCUT2D eigenvalue weighted by atomic mass is 32.2. The van der Waals surface area contributed by atoms with E-state index in [0.29, 0.717) is 57.2 Å². The molecule has 8 nitrogen and oxygen atoms in total. The molecule has 0 aromatic heterocycles. The third-order valence-corrected chi connectivity index (χ3v) is 6.94. The van der Waals surface area contributed by atoms with E-state index in [1.165, 1.54) is 10.4 Å². The van der Waals surface area contributed by atoms with Crippen molar-refractivity contribution >= 4 is 16.0 Å². The number of piperidine rings is 1. The van der Waals surface area contributed by atoms with Crippen molar-refractivity contribution < 1.29 is 27.8 Å². The zero-order valence-corrected chi connectivity index (χ0v) is 16.3. The maximum absolute atomic E-state index is 13.0. The highest BCUT2D eigenvalue weighted by molar-refractivity contribution is 7.89. The van der Waals surface area contributed by atoms with Crippen LogP contribution in [0.4, 0.5) is 0 Å². The normalized spacial score (nSPS) is 19.0. The van der Waals surface area contributed by atoms with Crippen molar-refractivity contribution in [2.45, 2.75) is 37.1 Å². The highest BCUT2D eigenvalue weighted by Crippen LogP contribution is 2.33. The number of benzene rings is 1.